The molecule has 0 bridgehead atoms. The molecule has 2 nitrogen and oxygen atoms in total. The zero-order valence-electron chi connectivity index (χ0n) is 6.39. The number of hydrogen-bond acceptors (Lipinski definition) is 2. The molecule has 1 aliphatic carbocycles. The summed E-state index contributed by atoms with van der Waals surface area (Å²) in [5, 5.41) is 9.65. The molecule has 1 fully saturated rings. The van der Waals surface area contributed by atoms with E-state index in [0.717, 1.165) is 6.42 Å². The topological polar surface area (TPSA) is 37.3 Å². The second-order valence-electron chi connectivity index (χ2n) is 3.12. The quantitative estimate of drug-likeness (QED) is 0.598. The summed E-state index contributed by atoms with van der Waals surface area (Å²) in [5.41, 5.74) is -0.520. The fourth-order valence-corrected chi connectivity index (χ4v) is 1.35. The molecule has 0 aromatic carbocycles. The summed E-state index contributed by atoms with van der Waals surface area (Å²) in [6.45, 7) is 1.97. The van der Waals surface area contributed by atoms with E-state index in [4.69, 9.17) is 0 Å². The van der Waals surface area contributed by atoms with Crippen molar-refractivity contribution in [2.24, 2.45) is 0 Å². The lowest BCUT2D eigenvalue weighted by Crippen LogP contribution is -2.33. The van der Waals surface area contributed by atoms with E-state index in [1.54, 1.807) is 0 Å². The molecule has 0 aromatic heterocycles. The van der Waals surface area contributed by atoms with Crippen molar-refractivity contribution in [1.29, 1.82) is 0 Å². The van der Waals surface area contributed by atoms with Gasteiger partial charge in [0.15, 0.2) is 0 Å². The first-order chi connectivity index (χ1) is 4.66. The smallest absolute Gasteiger partial charge is 0.133 e. The second-order valence-corrected chi connectivity index (χ2v) is 3.12. The number of ketones is 1. The molecule has 0 radical (unpaired) electrons. The third kappa shape index (κ3) is 1.57. The Balaban J connectivity index is 2.46. The molecular formula is C8H14O2. The standard InChI is InChI=1S/C8H14O2/c1-2-8(10)5-3-7(9)4-6-8/h10H,2-6H2,1H3. The van der Waals surface area contributed by atoms with Crippen LogP contribution in [0, 0.1) is 0 Å². The minimum Gasteiger partial charge on any atom is -0.390 e. The summed E-state index contributed by atoms with van der Waals surface area (Å²) in [6, 6.07) is 0. The monoisotopic (exact) mass is 142 g/mol. The second kappa shape index (κ2) is 2.70. The van der Waals surface area contributed by atoms with Gasteiger partial charge in [0.05, 0.1) is 5.60 Å². The lowest BCUT2D eigenvalue weighted by molar-refractivity contribution is -0.125. The molecule has 58 valence electrons. The molecule has 1 N–H and O–H groups in total. The Kier molecular flexibility index (Phi) is 2.09. The van der Waals surface area contributed by atoms with Crippen molar-refractivity contribution in [2.75, 3.05) is 0 Å². The summed E-state index contributed by atoms with van der Waals surface area (Å²) in [6.07, 6.45) is 3.26. The lowest BCUT2D eigenvalue weighted by Gasteiger charge is -2.29. The van der Waals surface area contributed by atoms with Crippen LogP contribution in [0.1, 0.15) is 39.0 Å². The van der Waals surface area contributed by atoms with Crippen molar-refractivity contribution in [1.82, 2.24) is 0 Å². The summed E-state index contributed by atoms with van der Waals surface area (Å²) in [5.74, 6) is 0.304. The molecule has 10 heavy (non-hydrogen) atoms. The van der Waals surface area contributed by atoms with E-state index in [9.17, 15) is 9.90 Å². The van der Waals surface area contributed by atoms with Crippen molar-refractivity contribution in [2.45, 2.75) is 44.6 Å². The van der Waals surface area contributed by atoms with Gasteiger partial charge in [0.25, 0.3) is 0 Å². The van der Waals surface area contributed by atoms with Crippen LogP contribution in [0.25, 0.3) is 0 Å². The molecule has 1 aliphatic rings. The van der Waals surface area contributed by atoms with Crippen molar-refractivity contribution >= 4 is 5.78 Å². The van der Waals surface area contributed by atoms with Crippen molar-refractivity contribution in [3.8, 4) is 0 Å². The van der Waals surface area contributed by atoms with E-state index in [0.29, 0.717) is 31.5 Å². The molecule has 0 atom stereocenters. The average molecular weight is 142 g/mol. The Morgan fingerprint density at radius 2 is 2.00 bits per heavy atom. The molecule has 0 spiro atoms. The van der Waals surface area contributed by atoms with E-state index in [1.165, 1.54) is 0 Å². The van der Waals surface area contributed by atoms with Crippen LogP contribution in [0.4, 0.5) is 0 Å². The molecule has 0 aliphatic heterocycles. The first-order valence-corrected chi connectivity index (χ1v) is 3.90. The Morgan fingerprint density at radius 1 is 1.50 bits per heavy atom. The number of aliphatic hydroxyl groups is 1. The van der Waals surface area contributed by atoms with Crippen LogP contribution >= 0.6 is 0 Å². The van der Waals surface area contributed by atoms with Crippen molar-refractivity contribution in [3.05, 3.63) is 0 Å². The van der Waals surface area contributed by atoms with Crippen LogP contribution in [0.5, 0.6) is 0 Å². The molecule has 0 saturated heterocycles. The van der Waals surface area contributed by atoms with Crippen LogP contribution in [0.2, 0.25) is 0 Å². The van der Waals surface area contributed by atoms with Crippen LogP contribution < -0.4 is 0 Å². The maximum absolute atomic E-state index is 10.8. The fraction of sp³-hybridized carbons (Fsp3) is 0.875. The van der Waals surface area contributed by atoms with Crippen LogP contribution in [-0.2, 0) is 4.79 Å². The predicted octanol–water partition coefficient (Wildman–Crippen LogP) is 1.27. The molecular weight excluding hydrogens is 128 g/mol. The lowest BCUT2D eigenvalue weighted by atomic mass is 9.82. The highest BCUT2D eigenvalue weighted by Crippen LogP contribution is 2.28. The van der Waals surface area contributed by atoms with Crippen LogP contribution in [-0.4, -0.2) is 16.5 Å². The van der Waals surface area contributed by atoms with Crippen molar-refractivity contribution < 1.29 is 9.90 Å². The Labute approximate surface area is 61.2 Å². The van der Waals surface area contributed by atoms with Gasteiger partial charge >= 0.3 is 0 Å². The van der Waals surface area contributed by atoms with Gasteiger partial charge in [0.1, 0.15) is 5.78 Å². The Hall–Kier alpha value is -0.370. The number of carbonyl (C=O) groups excluding carboxylic acids is 1. The number of rotatable bonds is 1. The third-order valence-corrected chi connectivity index (χ3v) is 2.40. The van der Waals surface area contributed by atoms with Gasteiger partial charge in [-0.15, -0.1) is 0 Å². The molecule has 0 aromatic rings. The Bertz CT molecular complexity index is 130. The van der Waals surface area contributed by atoms with E-state index in [-0.39, 0.29) is 0 Å². The van der Waals surface area contributed by atoms with E-state index >= 15 is 0 Å². The maximum atomic E-state index is 10.8. The Morgan fingerprint density at radius 3 is 2.40 bits per heavy atom. The summed E-state index contributed by atoms with van der Waals surface area (Å²) in [4.78, 5) is 10.8. The van der Waals surface area contributed by atoms with E-state index in [2.05, 4.69) is 0 Å². The first kappa shape index (κ1) is 7.73. The van der Waals surface area contributed by atoms with Gasteiger partial charge in [-0.05, 0) is 19.3 Å². The predicted molar refractivity (Wildman–Crippen MR) is 38.7 cm³/mol. The SMILES string of the molecule is CCC1(O)CCC(=O)CC1. The first-order valence-electron chi connectivity index (χ1n) is 3.90. The minimum atomic E-state index is -0.520. The zero-order chi connectivity index (χ0) is 7.61. The summed E-state index contributed by atoms with van der Waals surface area (Å²) >= 11 is 0. The van der Waals surface area contributed by atoms with Crippen molar-refractivity contribution in [3.63, 3.8) is 0 Å². The maximum Gasteiger partial charge on any atom is 0.133 e. The third-order valence-electron chi connectivity index (χ3n) is 2.40. The van der Waals surface area contributed by atoms with Crippen LogP contribution in [0.15, 0.2) is 0 Å². The van der Waals surface area contributed by atoms with Gasteiger partial charge in [0, 0.05) is 12.8 Å². The average Bonchev–Trinajstić information content (AvgIpc) is 1.96. The molecule has 1 saturated carbocycles. The highest BCUT2D eigenvalue weighted by Gasteiger charge is 2.29. The molecule has 0 amide bonds. The van der Waals surface area contributed by atoms with Crippen LogP contribution in [0.3, 0.4) is 0 Å². The summed E-state index contributed by atoms with van der Waals surface area (Å²) in [7, 11) is 0. The van der Waals surface area contributed by atoms with Gasteiger partial charge in [-0.1, -0.05) is 6.92 Å². The van der Waals surface area contributed by atoms with Gasteiger partial charge in [-0.3, -0.25) is 4.79 Å². The summed E-state index contributed by atoms with van der Waals surface area (Å²) < 4.78 is 0. The highest BCUT2D eigenvalue weighted by atomic mass is 16.3. The zero-order valence-corrected chi connectivity index (χ0v) is 6.39. The minimum absolute atomic E-state index is 0.304. The number of hydrogen-bond donors (Lipinski definition) is 1. The molecule has 2 heteroatoms. The molecule has 0 unspecified atom stereocenters. The van der Waals surface area contributed by atoms with Gasteiger partial charge in [-0.2, -0.15) is 0 Å². The number of carbonyl (C=O) groups is 1. The normalized spacial score (nSPS) is 24.8. The van der Waals surface area contributed by atoms with E-state index in [1.807, 2.05) is 6.92 Å². The van der Waals surface area contributed by atoms with Gasteiger partial charge in [0.2, 0.25) is 0 Å². The highest BCUT2D eigenvalue weighted by molar-refractivity contribution is 5.79. The largest absolute Gasteiger partial charge is 0.390 e. The fourth-order valence-electron chi connectivity index (χ4n) is 1.35. The van der Waals surface area contributed by atoms with Gasteiger partial charge in [-0.25, -0.2) is 0 Å². The molecule has 0 heterocycles. The molecule has 1 rings (SSSR count). The number of Topliss-reactive ketones (excluding diaryl/α,β-unsaturated/α-hetero) is 1. The van der Waals surface area contributed by atoms with Gasteiger partial charge < -0.3 is 5.11 Å². The van der Waals surface area contributed by atoms with E-state index < -0.39 is 5.60 Å².